The van der Waals surface area contributed by atoms with Gasteiger partial charge < -0.3 is 9.47 Å². The lowest BCUT2D eigenvalue weighted by Gasteiger charge is -2.36. The van der Waals surface area contributed by atoms with Gasteiger partial charge in [-0.1, -0.05) is 12.5 Å². The summed E-state index contributed by atoms with van der Waals surface area (Å²) in [6.07, 6.45) is 9.09. The van der Waals surface area contributed by atoms with Gasteiger partial charge in [0.2, 0.25) is 0 Å². The molecule has 0 radical (unpaired) electrons. The summed E-state index contributed by atoms with van der Waals surface area (Å²) >= 11 is 0. The summed E-state index contributed by atoms with van der Waals surface area (Å²) in [6, 6.07) is 0. The molecule has 1 saturated carbocycles. The Morgan fingerprint density at radius 2 is 2.35 bits per heavy atom. The number of rotatable bonds is 4. The molecule has 0 aromatic carbocycles. The van der Waals surface area contributed by atoms with Gasteiger partial charge in [0.25, 0.3) is 0 Å². The normalized spacial score (nSPS) is 29.4. The van der Waals surface area contributed by atoms with Crippen molar-refractivity contribution in [2.75, 3.05) is 13.4 Å². The van der Waals surface area contributed by atoms with Crippen molar-refractivity contribution in [1.29, 1.82) is 0 Å². The lowest BCUT2D eigenvalue weighted by Crippen LogP contribution is -2.35. The zero-order valence-corrected chi connectivity index (χ0v) is 10.2. The van der Waals surface area contributed by atoms with Crippen LogP contribution in [0.1, 0.15) is 38.5 Å². The second-order valence-electron chi connectivity index (χ2n) is 4.88. The average Bonchev–Trinajstić information content (AvgIpc) is 2.35. The van der Waals surface area contributed by atoms with Gasteiger partial charge in [-0.25, -0.2) is 0 Å². The Hall–Kier alpha value is -1.09. The number of carbonyl (C=O) groups excluding carboxylic acids is 1. The van der Waals surface area contributed by atoms with Crippen LogP contribution in [0.2, 0.25) is 0 Å². The van der Waals surface area contributed by atoms with Crippen LogP contribution in [0, 0.1) is 5.41 Å². The van der Waals surface area contributed by atoms with E-state index < -0.39 is 0 Å². The van der Waals surface area contributed by atoms with E-state index in [4.69, 9.17) is 9.47 Å². The van der Waals surface area contributed by atoms with Crippen molar-refractivity contribution >= 4 is 5.78 Å². The number of ketones is 1. The smallest absolute Gasteiger partial charge is 0.188 e. The molecule has 0 aromatic rings. The summed E-state index contributed by atoms with van der Waals surface area (Å²) in [4.78, 5) is 12.2. The second-order valence-corrected chi connectivity index (χ2v) is 4.88. The first-order chi connectivity index (χ1) is 8.27. The minimum atomic E-state index is -0.261. The van der Waals surface area contributed by atoms with Crippen molar-refractivity contribution in [2.24, 2.45) is 5.41 Å². The van der Waals surface area contributed by atoms with Crippen LogP contribution >= 0.6 is 0 Å². The molecule has 0 N–H and O–H groups in total. The number of Topliss-reactive ketones (excluding diaryl/α,β-unsaturated/α-hetero) is 1. The summed E-state index contributed by atoms with van der Waals surface area (Å²) in [5, 5.41) is 0. The molecule has 0 amide bonds. The highest BCUT2D eigenvalue weighted by Gasteiger charge is 2.39. The maximum atomic E-state index is 12.2. The van der Waals surface area contributed by atoms with Gasteiger partial charge in [0.1, 0.15) is 5.78 Å². The van der Waals surface area contributed by atoms with E-state index in [2.05, 4.69) is 6.58 Å². The summed E-state index contributed by atoms with van der Waals surface area (Å²) in [5.74, 6) is 1.29. The van der Waals surface area contributed by atoms with Crippen LogP contribution in [0.5, 0.6) is 0 Å². The van der Waals surface area contributed by atoms with Gasteiger partial charge >= 0.3 is 0 Å². The second kappa shape index (κ2) is 5.50. The molecule has 0 saturated heterocycles. The molecule has 1 heterocycles. The third-order valence-corrected chi connectivity index (χ3v) is 3.70. The Morgan fingerprint density at radius 1 is 1.47 bits per heavy atom. The monoisotopic (exact) mass is 236 g/mol. The Labute approximate surface area is 102 Å². The maximum Gasteiger partial charge on any atom is 0.188 e. The molecular weight excluding hydrogens is 216 g/mol. The van der Waals surface area contributed by atoms with Gasteiger partial charge in [-0.3, -0.25) is 4.79 Å². The molecule has 1 fully saturated rings. The highest BCUT2D eigenvalue weighted by atomic mass is 16.7. The topological polar surface area (TPSA) is 35.5 Å². The van der Waals surface area contributed by atoms with E-state index in [9.17, 15) is 4.79 Å². The Kier molecular flexibility index (Phi) is 4.00. The molecular formula is C14H20O3. The van der Waals surface area contributed by atoms with Crippen LogP contribution in [0.4, 0.5) is 0 Å². The van der Waals surface area contributed by atoms with Gasteiger partial charge in [-0.15, -0.1) is 6.58 Å². The van der Waals surface area contributed by atoms with Gasteiger partial charge in [0.15, 0.2) is 6.79 Å². The number of hydrogen-bond donors (Lipinski definition) is 0. The van der Waals surface area contributed by atoms with Crippen LogP contribution < -0.4 is 0 Å². The van der Waals surface area contributed by atoms with Gasteiger partial charge in [-0.05, 0) is 25.3 Å². The highest BCUT2D eigenvalue weighted by Crippen LogP contribution is 2.42. The zero-order chi connectivity index (χ0) is 12.1. The van der Waals surface area contributed by atoms with Crippen molar-refractivity contribution in [3.63, 3.8) is 0 Å². The van der Waals surface area contributed by atoms with E-state index in [1.54, 1.807) is 0 Å². The molecule has 0 spiro atoms. The largest absolute Gasteiger partial charge is 0.472 e. The van der Waals surface area contributed by atoms with Crippen LogP contribution in [0.25, 0.3) is 0 Å². The standard InChI is InChI=1S/C14H20O3/c1-2-7-14(8-4-3-5-13(14)15)10-12-6-9-16-11-17-12/h2,6H,1,3-5,7-11H2/t14-/m1/s1. The van der Waals surface area contributed by atoms with E-state index >= 15 is 0 Å². The Bertz CT molecular complexity index is 332. The van der Waals surface area contributed by atoms with Gasteiger partial charge in [-0.2, -0.15) is 0 Å². The molecule has 3 heteroatoms. The molecule has 3 nitrogen and oxygen atoms in total. The molecule has 1 aliphatic carbocycles. The van der Waals surface area contributed by atoms with Gasteiger partial charge in [0, 0.05) is 18.3 Å². The number of ether oxygens (including phenoxy) is 2. The number of hydrogen-bond acceptors (Lipinski definition) is 3. The van der Waals surface area contributed by atoms with E-state index in [1.165, 1.54) is 0 Å². The van der Waals surface area contributed by atoms with Crippen LogP contribution in [0.3, 0.4) is 0 Å². The van der Waals surface area contributed by atoms with Crippen LogP contribution in [0.15, 0.2) is 24.5 Å². The summed E-state index contributed by atoms with van der Waals surface area (Å²) in [5.41, 5.74) is -0.261. The lowest BCUT2D eigenvalue weighted by molar-refractivity contribution is -0.132. The molecule has 2 rings (SSSR count). The highest BCUT2D eigenvalue weighted by molar-refractivity contribution is 5.86. The molecule has 94 valence electrons. The van der Waals surface area contributed by atoms with Gasteiger partial charge in [0.05, 0.1) is 12.4 Å². The molecule has 1 atom stereocenters. The summed E-state index contributed by atoms with van der Waals surface area (Å²) in [7, 11) is 0. The average molecular weight is 236 g/mol. The zero-order valence-electron chi connectivity index (χ0n) is 10.2. The van der Waals surface area contributed by atoms with Crippen molar-refractivity contribution < 1.29 is 14.3 Å². The first kappa shape index (κ1) is 12.4. The van der Waals surface area contributed by atoms with E-state index in [1.807, 2.05) is 12.2 Å². The first-order valence-electron chi connectivity index (χ1n) is 6.31. The van der Waals surface area contributed by atoms with E-state index in [0.29, 0.717) is 32.0 Å². The predicted octanol–water partition coefficient (Wildman–Crippen LogP) is 2.97. The predicted molar refractivity (Wildman–Crippen MR) is 65.3 cm³/mol. The SMILES string of the molecule is C=CC[C@]1(CC2=CCOCO2)CCCCC1=O. The molecule has 17 heavy (non-hydrogen) atoms. The fourth-order valence-electron chi connectivity index (χ4n) is 2.74. The summed E-state index contributed by atoms with van der Waals surface area (Å²) < 4.78 is 10.6. The van der Waals surface area contributed by atoms with Crippen molar-refractivity contribution in [1.82, 2.24) is 0 Å². The minimum Gasteiger partial charge on any atom is -0.472 e. The number of allylic oxidation sites excluding steroid dienone is 2. The van der Waals surface area contributed by atoms with E-state index in [-0.39, 0.29) is 5.41 Å². The third kappa shape index (κ3) is 2.78. The lowest BCUT2D eigenvalue weighted by atomic mass is 9.68. The number of carbonyl (C=O) groups is 1. The fraction of sp³-hybridized carbons (Fsp3) is 0.643. The maximum absolute atomic E-state index is 12.2. The molecule has 0 aromatic heterocycles. The van der Waals surface area contributed by atoms with Crippen molar-refractivity contribution in [3.05, 3.63) is 24.5 Å². The Balaban J connectivity index is 2.12. The molecule has 2 aliphatic rings. The summed E-state index contributed by atoms with van der Waals surface area (Å²) in [6.45, 7) is 4.69. The van der Waals surface area contributed by atoms with Crippen LogP contribution in [-0.4, -0.2) is 19.2 Å². The third-order valence-electron chi connectivity index (χ3n) is 3.70. The Morgan fingerprint density at radius 3 is 3.00 bits per heavy atom. The van der Waals surface area contributed by atoms with Crippen molar-refractivity contribution in [3.8, 4) is 0 Å². The minimum absolute atomic E-state index is 0.261. The molecule has 0 bridgehead atoms. The van der Waals surface area contributed by atoms with Crippen LogP contribution in [-0.2, 0) is 14.3 Å². The van der Waals surface area contributed by atoms with Crippen molar-refractivity contribution in [2.45, 2.75) is 38.5 Å². The van der Waals surface area contributed by atoms with E-state index in [0.717, 1.165) is 31.4 Å². The fourth-order valence-corrected chi connectivity index (χ4v) is 2.74. The quantitative estimate of drug-likeness (QED) is 0.704. The molecule has 1 aliphatic heterocycles. The molecule has 0 unspecified atom stereocenters. The first-order valence-corrected chi connectivity index (χ1v) is 6.31.